The highest BCUT2D eigenvalue weighted by Crippen LogP contribution is 2.05. The van der Waals surface area contributed by atoms with Gasteiger partial charge in [-0.05, 0) is 24.6 Å². The largest absolute Gasteiger partial charge is 0.443 e. The number of hydroxylamine groups is 1. The molecule has 0 aliphatic carbocycles. The molecule has 0 unspecified atom stereocenters. The average molecular weight is 285 g/mol. The van der Waals surface area contributed by atoms with Gasteiger partial charge in [-0.2, -0.15) is 0 Å². The van der Waals surface area contributed by atoms with Crippen LogP contribution in [0.5, 0.6) is 0 Å². The number of aryl methyl sites for hydroxylation is 1. The van der Waals surface area contributed by atoms with Crippen LogP contribution in [0.2, 0.25) is 0 Å². The first kappa shape index (κ1) is 14.6. The van der Waals surface area contributed by atoms with Crippen LogP contribution in [0.25, 0.3) is 0 Å². The highest BCUT2D eigenvalue weighted by atomic mass is 16.7. The van der Waals surface area contributed by atoms with Crippen LogP contribution in [0.1, 0.15) is 21.5 Å². The highest BCUT2D eigenvalue weighted by Gasteiger charge is 2.10. The van der Waals surface area contributed by atoms with Gasteiger partial charge in [0.1, 0.15) is 6.61 Å². The molecular formula is C16H15NO4. The van der Waals surface area contributed by atoms with Gasteiger partial charge in [0.25, 0.3) is 0 Å². The Bertz CT molecular complexity index is 625. The maximum Gasteiger partial charge on any atom is 0.441 e. The van der Waals surface area contributed by atoms with Gasteiger partial charge in [0, 0.05) is 0 Å². The van der Waals surface area contributed by atoms with Crippen LogP contribution in [0, 0.1) is 6.92 Å². The smallest absolute Gasteiger partial charge is 0.441 e. The third-order valence-corrected chi connectivity index (χ3v) is 2.69. The van der Waals surface area contributed by atoms with Crippen LogP contribution >= 0.6 is 0 Å². The van der Waals surface area contributed by atoms with Crippen LogP contribution in [-0.4, -0.2) is 12.1 Å². The SMILES string of the molecule is Cc1cccc(C(=O)ONC(=O)OCc2ccccc2)c1. The van der Waals surface area contributed by atoms with E-state index in [4.69, 9.17) is 4.74 Å². The minimum atomic E-state index is -0.820. The normalized spacial score (nSPS) is 9.76. The maximum absolute atomic E-state index is 11.7. The molecule has 1 amide bonds. The predicted octanol–water partition coefficient (Wildman–Crippen LogP) is 2.99. The Kier molecular flexibility index (Phi) is 4.93. The lowest BCUT2D eigenvalue weighted by Gasteiger charge is -2.07. The zero-order valence-corrected chi connectivity index (χ0v) is 11.5. The van der Waals surface area contributed by atoms with Gasteiger partial charge in [0.05, 0.1) is 5.56 Å². The molecule has 0 fully saturated rings. The number of hydrogen-bond donors (Lipinski definition) is 1. The Morgan fingerprint density at radius 2 is 1.81 bits per heavy atom. The van der Waals surface area contributed by atoms with Crippen LogP contribution < -0.4 is 5.48 Å². The summed E-state index contributed by atoms with van der Waals surface area (Å²) in [6, 6.07) is 16.1. The number of carbonyl (C=O) groups is 2. The molecule has 0 saturated carbocycles. The second-order valence-electron chi connectivity index (χ2n) is 4.42. The average Bonchev–Trinajstić information content (AvgIpc) is 2.51. The van der Waals surface area contributed by atoms with Crippen molar-refractivity contribution in [3.63, 3.8) is 0 Å². The molecule has 0 aliphatic heterocycles. The predicted molar refractivity (Wildman–Crippen MR) is 76.4 cm³/mol. The molecule has 1 N–H and O–H groups in total. The maximum atomic E-state index is 11.7. The van der Waals surface area contributed by atoms with Crippen molar-refractivity contribution in [3.8, 4) is 0 Å². The van der Waals surface area contributed by atoms with E-state index in [0.29, 0.717) is 5.56 Å². The van der Waals surface area contributed by atoms with Crippen molar-refractivity contribution in [1.29, 1.82) is 0 Å². The second-order valence-corrected chi connectivity index (χ2v) is 4.42. The zero-order chi connectivity index (χ0) is 15.1. The summed E-state index contributed by atoms with van der Waals surface area (Å²) in [5.74, 6) is -0.643. The molecule has 2 rings (SSSR count). The number of rotatable bonds is 3. The molecule has 5 heteroatoms. The van der Waals surface area contributed by atoms with E-state index in [1.54, 1.807) is 18.2 Å². The van der Waals surface area contributed by atoms with E-state index in [1.807, 2.05) is 48.8 Å². The van der Waals surface area contributed by atoms with Gasteiger partial charge in [0.15, 0.2) is 0 Å². The number of amides is 1. The van der Waals surface area contributed by atoms with Crippen molar-refractivity contribution in [3.05, 3.63) is 71.3 Å². The summed E-state index contributed by atoms with van der Waals surface area (Å²) >= 11 is 0. The molecular weight excluding hydrogens is 270 g/mol. The Hall–Kier alpha value is -2.82. The van der Waals surface area contributed by atoms with Crippen LogP contribution in [0.15, 0.2) is 54.6 Å². The molecule has 21 heavy (non-hydrogen) atoms. The van der Waals surface area contributed by atoms with Crippen LogP contribution in [0.4, 0.5) is 4.79 Å². The Morgan fingerprint density at radius 3 is 2.52 bits per heavy atom. The molecule has 0 saturated heterocycles. The fourth-order valence-corrected chi connectivity index (χ4v) is 1.67. The van der Waals surface area contributed by atoms with Crippen molar-refractivity contribution in [2.45, 2.75) is 13.5 Å². The number of nitrogens with one attached hydrogen (secondary N) is 1. The molecule has 0 spiro atoms. The molecule has 2 aromatic carbocycles. The fourth-order valence-electron chi connectivity index (χ4n) is 1.67. The van der Waals surface area contributed by atoms with Gasteiger partial charge in [-0.25, -0.2) is 9.59 Å². The van der Waals surface area contributed by atoms with Crippen LogP contribution in [0.3, 0.4) is 0 Å². The number of ether oxygens (including phenoxy) is 1. The van der Waals surface area contributed by atoms with E-state index in [0.717, 1.165) is 11.1 Å². The number of carbonyl (C=O) groups excluding carboxylic acids is 2. The lowest BCUT2D eigenvalue weighted by molar-refractivity contribution is 0.0197. The molecule has 5 nitrogen and oxygen atoms in total. The zero-order valence-electron chi connectivity index (χ0n) is 11.5. The Morgan fingerprint density at radius 1 is 1.05 bits per heavy atom. The molecule has 0 radical (unpaired) electrons. The standard InChI is InChI=1S/C16H15NO4/c1-12-6-5-9-14(10-12)15(18)21-17-16(19)20-11-13-7-3-2-4-8-13/h2-10H,11H2,1H3,(H,17,19). The lowest BCUT2D eigenvalue weighted by atomic mass is 10.1. The Labute approximate surface area is 122 Å². The number of hydrogen-bond acceptors (Lipinski definition) is 4. The summed E-state index contributed by atoms with van der Waals surface area (Å²) in [7, 11) is 0. The molecule has 0 heterocycles. The van der Waals surface area contributed by atoms with Crippen molar-refractivity contribution >= 4 is 12.1 Å². The van der Waals surface area contributed by atoms with Gasteiger partial charge in [0.2, 0.25) is 0 Å². The van der Waals surface area contributed by atoms with E-state index < -0.39 is 12.1 Å². The topological polar surface area (TPSA) is 64.6 Å². The molecule has 2 aromatic rings. The van der Waals surface area contributed by atoms with Crippen molar-refractivity contribution in [1.82, 2.24) is 5.48 Å². The van der Waals surface area contributed by atoms with E-state index in [9.17, 15) is 9.59 Å². The highest BCUT2D eigenvalue weighted by molar-refractivity contribution is 5.90. The summed E-state index contributed by atoms with van der Waals surface area (Å²) in [4.78, 5) is 27.8. The summed E-state index contributed by atoms with van der Waals surface area (Å²) < 4.78 is 4.91. The fraction of sp³-hybridized carbons (Fsp3) is 0.125. The summed E-state index contributed by atoms with van der Waals surface area (Å²) in [6.07, 6.45) is -0.820. The third-order valence-electron chi connectivity index (χ3n) is 2.69. The van der Waals surface area contributed by atoms with Gasteiger partial charge in [-0.15, -0.1) is 5.48 Å². The second kappa shape index (κ2) is 7.09. The van der Waals surface area contributed by atoms with E-state index in [2.05, 4.69) is 4.84 Å². The van der Waals surface area contributed by atoms with Crippen molar-refractivity contribution < 1.29 is 19.2 Å². The van der Waals surface area contributed by atoms with E-state index >= 15 is 0 Å². The molecule has 0 bridgehead atoms. The monoisotopic (exact) mass is 285 g/mol. The lowest BCUT2D eigenvalue weighted by Crippen LogP contribution is -2.27. The van der Waals surface area contributed by atoms with Gasteiger partial charge in [-0.3, -0.25) is 0 Å². The molecule has 0 atom stereocenters. The first-order valence-corrected chi connectivity index (χ1v) is 6.39. The van der Waals surface area contributed by atoms with Crippen molar-refractivity contribution in [2.75, 3.05) is 0 Å². The number of benzene rings is 2. The van der Waals surface area contributed by atoms with Gasteiger partial charge >= 0.3 is 12.1 Å². The first-order valence-electron chi connectivity index (χ1n) is 6.39. The minimum absolute atomic E-state index is 0.106. The third kappa shape index (κ3) is 4.65. The van der Waals surface area contributed by atoms with Crippen molar-refractivity contribution in [2.24, 2.45) is 0 Å². The molecule has 108 valence electrons. The van der Waals surface area contributed by atoms with Gasteiger partial charge in [-0.1, -0.05) is 48.0 Å². The van der Waals surface area contributed by atoms with E-state index in [1.165, 1.54) is 0 Å². The summed E-state index contributed by atoms with van der Waals surface area (Å²) in [5, 5.41) is 0. The van der Waals surface area contributed by atoms with Gasteiger partial charge < -0.3 is 9.57 Å². The molecule has 0 aromatic heterocycles. The summed E-state index contributed by atoms with van der Waals surface area (Å²) in [6.45, 7) is 1.97. The quantitative estimate of drug-likeness (QED) is 0.880. The minimum Gasteiger partial charge on any atom is -0.443 e. The van der Waals surface area contributed by atoms with E-state index in [-0.39, 0.29) is 6.61 Å². The molecule has 0 aliphatic rings. The summed E-state index contributed by atoms with van der Waals surface area (Å²) in [5.41, 5.74) is 4.09. The first-order chi connectivity index (χ1) is 10.1. The Balaban J connectivity index is 1.77. The van der Waals surface area contributed by atoms with Crippen LogP contribution in [-0.2, 0) is 16.2 Å².